The van der Waals surface area contributed by atoms with E-state index in [-0.39, 0.29) is 11.9 Å². The molecule has 0 aromatic heterocycles. The predicted octanol–water partition coefficient (Wildman–Crippen LogP) is 1.72. The van der Waals surface area contributed by atoms with E-state index < -0.39 is 0 Å². The van der Waals surface area contributed by atoms with Gasteiger partial charge in [0, 0.05) is 39.3 Å². The van der Waals surface area contributed by atoms with Crippen LogP contribution < -0.4 is 5.32 Å². The van der Waals surface area contributed by atoms with Crippen molar-refractivity contribution in [2.45, 2.75) is 38.9 Å². The molecule has 116 valence electrons. The fourth-order valence-electron chi connectivity index (χ4n) is 2.87. The molecule has 2 atom stereocenters. The van der Waals surface area contributed by atoms with Crippen LogP contribution in [0, 0.1) is 0 Å². The molecule has 0 spiro atoms. The number of likely N-dealkylation sites (tertiary alicyclic amines) is 1. The van der Waals surface area contributed by atoms with E-state index >= 15 is 0 Å². The molecule has 1 aromatic carbocycles. The number of nitrogens with one attached hydrogen (secondary N) is 1. The maximum Gasteiger partial charge on any atom is 0.239 e. The number of likely N-dealkylation sites (N-methyl/N-ethyl adjacent to an activating group) is 1. The minimum absolute atomic E-state index is 0.100. The molecular formula is C17H27N3O. The molecule has 1 saturated heterocycles. The molecule has 0 radical (unpaired) electrons. The number of hydrogen-bond donors (Lipinski definition) is 1. The van der Waals surface area contributed by atoms with E-state index in [1.807, 2.05) is 20.9 Å². The number of benzene rings is 1. The highest BCUT2D eigenvalue weighted by molar-refractivity contribution is 5.81. The van der Waals surface area contributed by atoms with E-state index in [0.717, 1.165) is 32.6 Å². The van der Waals surface area contributed by atoms with Crippen molar-refractivity contribution in [2.75, 3.05) is 26.7 Å². The van der Waals surface area contributed by atoms with Crippen molar-refractivity contribution >= 4 is 5.91 Å². The molecule has 0 aliphatic carbocycles. The molecule has 1 fully saturated rings. The van der Waals surface area contributed by atoms with Gasteiger partial charge in [-0.1, -0.05) is 30.3 Å². The predicted molar refractivity (Wildman–Crippen MR) is 86.0 cm³/mol. The summed E-state index contributed by atoms with van der Waals surface area (Å²) in [6.45, 7) is 7.83. The molecular weight excluding hydrogens is 262 g/mol. The minimum Gasteiger partial charge on any atom is -0.345 e. The van der Waals surface area contributed by atoms with Gasteiger partial charge in [-0.2, -0.15) is 0 Å². The lowest BCUT2D eigenvalue weighted by atomic mass is 10.2. The Bertz CT molecular complexity index is 449. The SMILES string of the molecule is CCN(C)C(=O)C(C)NC1CCN(Cc2ccccc2)C1. The molecule has 4 nitrogen and oxygen atoms in total. The van der Waals surface area contributed by atoms with Crippen LogP contribution in [0.4, 0.5) is 0 Å². The lowest BCUT2D eigenvalue weighted by Crippen LogP contribution is -2.47. The highest BCUT2D eigenvalue weighted by atomic mass is 16.2. The first kappa shape index (κ1) is 16.0. The van der Waals surface area contributed by atoms with Gasteiger partial charge in [-0.3, -0.25) is 9.69 Å². The van der Waals surface area contributed by atoms with Crippen LogP contribution in [0.1, 0.15) is 25.8 Å². The summed E-state index contributed by atoms with van der Waals surface area (Å²) >= 11 is 0. The topological polar surface area (TPSA) is 35.6 Å². The Morgan fingerprint density at radius 2 is 2.14 bits per heavy atom. The lowest BCUT2D eigenvalue weighted by molar-refractivity contribution is -0.131. The Morgan fingerprint density at radius 3 is 2.81 bits per heavy atom. The summed E-state index contributed by atoms with van der Waals surface area (Å²) in [6, 6.07) is 10.9. The maximum atomic E-state index is 12.1. The van der Waals surface area contributed by atoms with Crippen LogP contribution in [0.5, 0.6) is 0 Å². The maximum absolute atomic E-state index is 12.1. The van der Waals surface area contributed by atoms with Crippen molar-refractivity contribution in [3.05, 3.63) is 35.9 Å². The molecule has 4 heteroatoms. The summed E-state index contributed by atoms with van der Waals surface area (Å²) in [7, 11) is 1.86. The van der Waals surface area contributed by atoms with Crippen molar-refractivity contribution < 1.29 is 4.79 Å². The Kier molecular flexibility index (Phi) is 5.76. The van der Waals surface area contributed by atoms with E-state index in [1.54, 1.807) is 4.90 Å². The normalized spacial score (nSPS) is 20.4. The Labute approximate surface area is 128 Å². The van der Waals surface area contributed by atoms with Gasteiger partial charge in [-0.15, -0.1) is 0 Å². The summed E-state index contributed by atoms with van der Waals surface area (Å²) in [4.78, 5) is 16.3. The lowest BCUT2D eigenvalue weighted by Gasteiger charge is -2.24. The average molecular weight is 289 g/mol. The van der Waals surface area contributed by atoms with Crippen molar-refractivity contribution in [3.8, 4) is 0 Å². The number of rotatable bonds is 6. The molecule has 0 saturated carbocycles. The second kappa shape index (κ2) is 7.57. The van der Waals surface area contributed by atoms with E-state index in [2.05, 4.69) is 40.5 Å². The summed E-state index contributed by atoms with van der Waals surface area (Å²) in [5.74, 6) is 0.180. The first-order valence-corrected chi connectivity index (χ1v) is 7.87. The van der Waals surface area contributed by atoms with Crippen LogP contribution in [-0.2, 0) is 11.3 Å². The molecule has 1 aromatic rings. The van der Waals surface area contributed by atoms with Gasteiger partial charge in [0.25, 0.3) is 0 Å². The fraction of sp³-hybridized carbons (Fsp3) is 0.588. The van der Waals surface area contributed by atoms with Crippen molar-refractivity contribution in [1.29, 1.82) is 0 Å². The van der Waals surface area contributed by atoms with Gasteiger partial charge in [-0.25, -0.2) is 0 Å². The molecule has 1 aliphatic rings. The second-order valence-corrected chi connectivity index (χ2v) is 5.95. The second-order valence-electron chi connectivity index (χ2n) is 5.95. The van der Waals surface area contributed by atoms with Gasteiger partial charge >= 0.3 is 0 Å². The standard InChI is InChI=1S/C17H27N3O/c1-4-19(3)17(21)14(2)18-16-10-11-20(13-16)12-15-8-6-5-7-9-15/h5-9,14,16,18H,4,10-13H2,1-3H3. The van der Waals surface area contributed by atoms with Crippen molar-refractivity contribution in [1.82, 2.24) is 15.1 Å². The Morgan fingerprint density at radius 1 is 1.43 bits per heavy atom. The van der Waals surface area contributed by atoms with Gasteiger partial charge in [0.15, 0.2) is 0 Å². The third-order valence-electron chi connectivity index (χ3n) is 4.23. The van der Waals surface area contributed by atoms with E-state index in [1.165, 1.54) is 5.56 Å². The van der Waals surface area contributed by atoms with Gasteiger partial charge in [-0.05, 0) is 25.8 Å². The monoisotopic (exact) mass is 289 g/mol. The van der Waals surface area contributed by atoms with Crippen molar-refractivity contribution in [3.63, 3.8) is 0 Å². The van der Waals surface area contributed by atoms with E-state index in [4.69, 9.17) is 0 Å². The number of hydrogen-bond acceptors (Lipinski definition) is 3. The molecule has 1 aliphatic heterocycles. The zero-order valence-electron chi connectivity index (χ0n) is 13.4. The van der Waals surface area contributed by atoms with Crippen LogP contribution in [0.25, 0.3) is 0 Å². The number of carbonyl (C=O) groups is 1. The van der Waals surface area contributed by atoms with Gasteiger partial charge in [0.05, 0.1) is 6.04 Å². The first-order valence-electron chi connectivity index (χ1n) is 7.87. The van der Waals surface area contributed by atoms with Crippen LogP contribution >= 0.6 is 0 Å². The molecule has 1 heterocycles. The van der Waals surface area contributed by atoms with Crippen LogP contribution in [-0.4, -0.2) is 54.5 Å². The molecule has 0 bridgehead atoms. The number of nitrogens with zero attached hydrogens (tertiary/aromatic N) is 2. The van der Waals surface area contributed by atoms with Crippen LogP contribution in [0.3, 0.4) is 0 Å². The Balaban J connectivity index is 1.79. The third-order valence-corrected chi connectivity index (χ3v) is 4.23. The number of amides is 1. The third kappa shape index (κ3) is 4.55. The largest absolute Gasteiger partial charge is 0.345 e. The molecule has 1 N–H and O–H groups in total. The van der Waals surface area contributed by atoms with Crippen molar-refractivity contribution in [2.24, 2.45) is 0 Å². The molecule has 21 heavy (non-hydrogen) atoms. The summed E-state index contributed by atoms with van der Waals surface area (Å²) < 4.78 is 0. The zero-order chi connectivity index (χ0) is 15.2. The smallest absolute Gasteiger partial charge is 0.239 e. The van der Waals surface area contributed by atoms with Crippen LogP contribution in [0.2, 0.25) is 0 Å². The Hall–Kier alpha value is -1.39. The molecule has 2 rings (SSSR count). The summed E-state index contributed by atoms with van der Waals surface area (Å²) in [6.07, 6.45) is 1.11. The van der Waals surface area contributed by atoms with E-state index in [0.29, 0.717) is 6.04 Å². The quantitative estimate of drug-likeness (QED) is 0.866. The fourth-order valence-corrected chi connectivity index (χ4v) is 2.87. The minimum atomic E-state index is -0.100. The highest BCUT2D eigenvalue weighted by Crippen LogP contribution is 2.14. The van der Waals surface area contributed by atoms with Gasteiger partial charge in [0.1, 0.15) is 0 Å². The average Bonchev–Trinajstić information content (AvgIpc) is 2.93. The summed E-state index contributed by atoms with van der Waals surface area (Å²) in [5.41, 5.74) is 1.35. The van der Waals surface area contributed by atoms with Gasteiger partial charge in [0.2, 0.25) is 5.91 Å². The zero-order valence-corrected chi connectivity index (χ0v) is 13.4. The molecule has 2 unspecified atom stereocenters. The van der Waals surface area contributed by atoms with Crippen LogP contribution in [0.15, 0.2) is 30.3 Å². The first-order chi connectivity index (χ1) is 10.1. The summed E-state index contributed by atoms with van der Waals surface area (Å²) in [5, 5.41) is 3.48. The highest BCUT2D eigenvalue weighted by Gasteiger charge is 2.26. The number of carbonyl (C=O) groups excluding carboxylic acids is 1. The molecule has 1 amide bonds. The van der Waals surface area contributed by atoms with Gasteiger partial charge < -0.3 is 10.2 Å². The van der Waals surface area contributed by atoms with E-state index in [9.17, 15) is 4.79 Å².